The van der Waals surface area contributed by atoms with E-state index in [-0.39, 0.29) is 0 Å². The number of rotatable bonds is 4. The Balaban J connectivity index is 1.82. The lowest BCUT2D eigenvalue weighted by molar-refractivity contribution is 0.0840. The van der Waals surface area contributed by atoms with Gasteiger partial charge in [0.1, 0.15) is 0 Å². The first-order chi connectivity index (χ1) is 7.79. The van der Waals surface area contributed by atoms with Crippen molar-refractivity contribution in [1.82, 2.24) is 4.90 Å². The number of hydrogen-bond donors (Lipinski definition) is 1. The molecule has 0 saturated carbocycles. The van der Waals surface area contributed by atoms with Crippen LogP contribution in [0.5, 0.6) is 0 Å². The van der Waals surface area contributed by atoms with Gasteiger partial charge in [-0.3, -0.25) is 4.90 Å². The van der Waals surface area contributed by atoms with Crippen LogP contribution < -0.4 is 0 Å². The minimum atomic E-state index is 0.349. The molecule has 2 heterocycles. The lowest BCUT2D eigenvalue weighted by Crippen LogP contribution is -2.43. The molecule has 0 amide bonds. The average Bonchev–Trinajstić information content (AvgIpc) is 2.81. The van der Waals surface area contributed by atoms with Crippen molar-refractivity contribution in [1.29, 1.82) is 0 Å². The molecule has 0 radical (unpaired) electrons. The van der Waals surface area contributed by atoms with Crippen molar-refractivity contribution < 1.29 is 5.11 Å². The van der Waals surface area contributed by atoms with E-state index in [4.69, 9.17) is 0 Å². The lowest BCUT2D eigenvalue weighted by atomic mass is 9.94. The van der Waals surface area contributed by atoms with Gasteiger partial charge in [-0.2, -0.15) is 0 Å². The number of thiophene rings is 1. The highest BCUT2D eigenvalue weighted by Gasteiger charge is 2.24. The number of aliphatic hydroxyl groups excluding tert-OH is 1. The summed E-state index contributed by atoms with van der Waals surface area (Å²) >= 11 is 1.84. The topological polar surface area (TPSA) is 23.5 Å². The van der Waals surface area contributed by atoms with Crippen molar-refractivity contribution >= 4 is 11.3 Å². The summed E-state index contributed by atoms with van der Waals surface area (Å²) in [6.07, 6.45) is 3.57. The molecule has 1 saturated heterocycles. The molecule has 0 bridgehead atoms. The number of hydrogen-bond acceptors (Lipinski definition) is 3. The van der Waals surface area contributed by atoms with Crippen LogP contribution in [0, 0.1) is 5.92 Å². The van der Waals surface area contributed by atoms with E-state index in [2.05, 4.69) is 29.3 Å². The molecule has 16 heavy (non-hydrogen) atoms. The molecule has 1 aromatic heterocycles. The molecule has 2 nitrogen and oxygen atoms in total. The summed E-state index contributed by atoms with van der Waals surface area (Å²) in [4.78, 5) is 4.00. The summed E-state index contributed by atoms with van der Waals surface area (Å²) in [6, 6.07) is 5.02. The van der Waals surface area contributed by atoms with Crippen LogP contribution in [-0.4, -0.2) is 35.7 Å². The van der Waals surface area contributed by atoms with E-state index in [0.717, 1.165) is 19.5 Å². The molecule has 0 aliphatic carbocycles. The number of nitrogens with zero attached hydrogens (tertiary/aromatic N) is 1. The smallest absolute Gasteiger partial charge is 0.0471 e. The van der Waals surface area contributed by atoms with E-state index in [1.165, 1.54) is 17.7 Å². The molecule has 1 aliphatic rings. The number of piperidine rings is 1. The zero-order valence-corrected chi connectivity index (χ0v) is 10.7. The van der Waals surface area contributed by atoms with Gasteiger partial charge in [-0.1, -0.05) is 6.07 Å². The van der Waals surface area contributed by atoms with Crippen LogP contribution in [0.4, 0.5) is 0 Å². The third kappa shape index (κ3) is 3.06. The molecule has 1 aromatic rings. The van der Waals surface area contributed by atoms with Crippen LogP contribution in [-0.2, 0) is 6.42 Å². The van der Waals surface area contributed by atoms with Crippen molar-refractivity contribution in [2.75, 3.05) is 19.7 Å². The Morgan fingerprint density at radius 3 is 3.06 bits per heavy atom. The molecular weight excluding hydrogens is 218 g/mol. The number of aliphatic hydroxyl groups is 1. The first kappa shape index (κ1) is 12.1. The highest BCUT2D eigenvalue weighted by molar-refractivity contribution is 7.09. The van der Waals surface area contributed by atoms with E-state index in [1.54, 1.807) is 0 Å². The average molecular weight is 239 g/mol. The Hall–Kier alpha value is -0.380. The van der Waals surface area contributed by atoms with Gasteiger partial charge in [0.15, 0.2) is 0 Å². The maximum atomic E-state index is 9.22. The molecule has 1 fully saturated rings. The lowest BCUT2D eigenvalue weighted by Gasteiger charge is -2.37. The molecule has 2 atom stereocenters. The Morgan fingerprint density at radius 2 is 2.38 bits per heavy atom. The zero-order chi connectivity index (χ0) is 11.4. The van der Waals surface area contributed by atoms with Crippen molar-refractivity contribution in [3.05, 3.63) is 22.4 Å². The van der Waals surface area contributed by atoms with Crippen LogP contribution in [0.15, 0.2) is 17.5 Å². The third-order valence-corrected chi connectivity index (χ3v) is 4.53. The van der Waals surface area contributed by atoms with E-state index >= 15 is 0 Å². The first-order valence-corrected chi connectivity index (χ1v) is 7.05. The van der Waals surface area contributed by atoms with Crippen molar-refractivity contribution in [2.45, 2.75) is 32.2 Å². The van der Waals surface area contributed by atoms with Gasteiger partial charge in [0.05, 0.1) is 0 Å². The Kier molecular flexibility index (Phi) is 4.38. The Morgan fingerprint density at radius 1 is 1.50 bits per heavy atom. The molecule has 2 unspecified atom stereocenters. The summed E-state index contributed by atoms with van der Waals surface area (Å²) in [5.41, 5.74) is 0. The van der Waals surface area contributed by atoms with E-state index < -0.39 is 0 Å². The van der Waals surface area contributed by atoms with Gasteiger partial charge in [-0.15, -0.1) is 11.3 Å². The van der Waals surface area contributed by atoms with E-state index in [0.29, 0.717) is 18.6 Å². The van der Waals surface area contributed by atoms with E-state index in [1.807, 2.05) is 11.3 Å². The van der Waals surface area contributed by atoms with Gasteiger partial charge >= 0.3 is 0 Å². The molecule has 1 aliphatic heterocycles. The summed E-state index contributed by atoms with van der Waals surface area (Å²) < 4.78 is 0. The third-order valence-electron chi connectivity index (χ3n) is 3.59. The normalized spacial score (nSPS) is 27.1. The Bertz CT molecular complexity index is 299. The van der Waals surface area contributed by atoms with Gasteiger partial charge < -0.3 is 5.11 Å². The Labute approximate surface area is 102 Å². The second kappa shape index (κ2) is 5.80. The SMILES string of the molecule is CC1CCC(CO)CN1CCc1cccs1. The monoisotopic (exact) mass is 239 g/mol. The van der Waals surface area contributed by atoms with Crippen LogP contribution in [0.3, 0.4) is 0 Å². The van der Waals surface area contributed by atoms with Crippen LogP contribution in [0.25, 0.3) is 0 Å². The largest absolute Gasteiger partial charge is 0.396 e. The predicted octanol–water partition coefficient (Wildman–Crippen LogP) is 2.38. The van der Waals surface area contributed by atoms with Crippen molar-refractivity contribution in [3.63, 3.8) is 0 Å². The minimum Gasteiger partial charge on any atom is -0.396 e. The van der Waals surface area contributed by atoms with Gasteiger partial charge in [-0.05, 0) is 43.6 Å². The zero-order valence-electron chi connectivity index (χ0n) is 9.93. The molecule has 2 rings (SSSR count). The number of likely N-dealkylation sites (tertiary alicyclic amines) is 1. The van der Waals surface area contributed by atoms with Crippen LogP contribution in [0.1, 0.15) is 24.6 Å². The molecule has 1 N–H and O–H groups in total. The van der Waals surface area contributed by atoms with Crippen molar-refractivity contribution in [3.8, 4) is 0 Å². The predicted molar refractivity (Wildman–Crippen MR) is 68.9 cm³/mol. The van der Waals surface area contributed by atoms with Crippen LogP contribution in [0.2, 0.25) is 0 Å². The van der Waals surface area contributed by atoms with Gasteiger partial charge in [0, 0.05) is 30.6 Å². The fourth-order valence-corrected chi connectivity index (χ4v) is 3.13. The quantitative estimate of drug-likeness (QED) is 0.872. The maximum absolute atomic E-state index is 9.22. The minimum absolute atomic E-state index is 0.349. The summed E-state index contributed by atoms with van der Waals surface area (Å²) in [7, 11) is 0. The van der Waals surface area contributed by atoms with Gasteiger partial charge in [-0.25, -0.2) is 0 Å². The molecule has 90 valence electrons. The fourth-order valence-electron chi connectivity index (χ4n) is 2.43. The summed E-state index contributed by atoms with van der Waals surface area (Å²) in [5, 5.41) is 11.4. The fraction of sp³-hybridized carbons (Fsp3) is 0.692. The van der Waals surface area contributed by atoms with E-state index in [9.17, 15) is 5.11 Å². The van der Waals surface area contributed by atoms with Gasteiger partial charge in [0.2, 0.25) is 0 Å². The maximum Gasteiger partial charge on any atom is 0.0471 e. The first-order valence-electron chi connectivity index (χ1n) is 6.17. The summed E-state index contributed by atoms with van der Waals surface area (Å²) in [6.45, 7) is 4.87. The molecular formula is C13H21NOS. The highest BCUT2D eigenvalue weighted by atomic mass is 32.1. The molecule has 0 spiro atoms. The van der Waals surface area contributed by atoms with Gasteiger partial charge in [0.25, 0.3) is 0 Å². The highest BCUT2D eigenvalue weighted by Crippen LogP contribution is 2.22. The standard InChI is InChI=1S/C13H21NOS/c1-11-4-5-12(10-15)9-14(11)7-6-13-3-2-8-16-13/h2-3,8,11-12,15H,4-7,9-10H2,1H3. The molecule has 0 aromatic carbocycles. The second-order valence-corrected chi connectivity index (χ2v) is 5.83. The molecule has 3 heteroatoms. The second-order valence-electron chi connectivity index (χ2n) is 4.80. The van der Waals surface area contributed by atoms with Crippen molar-refractivity contribution in [2.24, 2.45) is 5.92 Å². The summed E-state index contributed by atoms with van der Waals surface area (Å²) in [5.74, 6) is 0.500. The van der Waals surface area contributed by atoms with Crippen LogP contribution >= 0.6 is 11.3 Å².